The van der Waals surface area contributed by atoms with Crippen molar-refractivity contribution in [2.45, 2.75) is 58.3 Å². The molecule has 0 unspecified atom stereocenters. The summed E-state index contributed by atoms with van der Waals surface area (Å²) < 4.78 is 35.3. The van der Waals surface area contributed by atoms with Gasteiger partial charge >= 0.3 is 0 Å². The number of halogens is 1. The van der Waals surface area contributed by atoms with E-state index in [1.807, 2.05) is 49.4 Å². The molecule has 0 aliphatic heterocycles. The largest absolute Gasteiger partial charge is 0.493 e. The molecule has 0 heterocycles. The lowest BCUT2D eigenvalue weighted by molar-refractivity contribution is 0.0205. The van der Waals surface area contributed by atoms with Gasteiger partial charge in [0.1, 0.15) is 11.5 Å². The highest BCUT2D eigenvalue weighted by Crippen LogP contribution is 2.35. The van der Waals surface area contributed by atoms with Crippen molar-refractivity contribution in [3.05, 3.63) is 45.9 Å². The summed E-state index contributed by atoms with van der Waals surface area (Å²) in [6.45, 7) is 18.3. The van der Waals surface area contributed by atoms with E-state index < -0.39 is 16.1 Å². The molecule has 9 heteroatoms. The molecule has 2 aromatic carbocycles. The van der Waals surface area contributed by atoms with Crippen LogP contribution in [0, 0.1) is 0 Å². The molecular weight excluding hydrogens is 580 g/mol. The topological polar surface area (TPSA) is 55.4 Å². The zero-order valence-electron chi connectivity index (χ0n) is 24.3. The summed E-state index contributed by atoms with van der Waals surface area (Å²) in [6, 6.07) is 11.9. The molecule has 2 rings (SSSR count). The molecule has 0 saturated heterocycles. The van der Waals surface area contributed by atoms with E-state index in [1.54, 1.807) is 7.11 Å². The Morgan fingerprint density at radius 2 is 1.37 bits per heavy atom. The van der Waals surface area contributed by atoms with Gasteiger partial charge in [0.25, 0.3) is 0 Å². The third-order valence-corrected chi connectivity index (χ3v) is 9.84. The maximum absolute atomic E-state index is 5.89. The highest BCUT2D eigenvalue weighted by atomic mass is 79.9. The van der Waals surface area contributed by atoms with E-state index >= 15 is 0 Å². The maximum Gasteiger partial charge on any atom is 0.189 e. The van der Waals surface area contributed by atoms with Gasteiger partial charge in [-0.05, 0) is 64.3 Å². The van der Waals surface area contributed by atoms with Crippen molar-refractivity contribution < 1.29 is 28.4 Å². The number of ether oxygens (including phenoxy) is 6. The van der Waals surface area contributed by atoms with Crippen LogP contribution in [0.4, 0.5) is 0 Å². The summed E-state index contributed by atoms with van der Waals surface area (Å²) in [7, 11) is -0.611. The molecular formula is C29H45BrO6Si2. The number of hydrogen-bond donors (Lipinski definition) is 0. The van der Waals surface area contributed by atoms with Crippen LogP contribution in [0.3, 0.4) is 0 Å². The molecule has 0 aliphatic carbocycles. The Bertz CT molecular complexity index is 1030. The van der Waals surface area contributed by atoms with Crippen LogP contribution in [0.1, 0.15) is 18.1 Å². The van der Waals surface area contributed by atoms with Crippen molar-refractivity contribution in [2.75, 3.05) is 40.5 Å². The van der Waals surface area contributed by atoms with Crippen LogP contribution < -0.4 is 18.9 Å². The summed E-state index contributed by atoms with van der Waals surface area (Å²) in [5, 5.41) is 0. The number of hydrogen-bond acceptors (Lipinski definition) is 6. The predicted molar refractivity (Wildman–Crippen MR) is 166 cm³/mol. The summed E-state index contributed by atoms with van der Waals surface area (Å²) in [6.07, 6.45) is 4.03. The second-order valence-corrected chi connectivity index (χ2v) is 23.5. The lowest BCUT2D eigenvalue weighted by Crippen LogP contribution is -2.22. The van der Waals surface area contributed by atoms with Crippen molar-refractivity contribution in [1.29, 1.82) is 0 Å². The minimum Gasteiger partial charge on any atom is -0.493 e. The third-order valence-electron chi connectivity index (χ3n) is 5.58. The second kappa shape index (κ2) is 15.7. The molecule has 2 aromatic rings. The van der Waals surface area contributed by atoms with Gasteiger partial charge in [0.2, 0.25) is 0 Å². The van der Waals surface area contributed by atoms with Crippen molar-refractivity contribution >= 4 is 44.2 Å². The van der Waals surface area contributed by atoms with Crippen molar-refractivity contribution in [3.63, 3.8) is 0 Å². The van der Waals surface area contributed by atoms with Crippen molar-refractivity contribution in [2.24, 2.45) is 0 Å². The second-order valence-electron chi connectivity index (χ2n) is 11.5. The van der Waals surface area contributed by atoms with Gasteiger partial charge < -0.3 is 28.4 Å². The number of methoxy groups -OCH3 is 1. The van der Waals surface area contributed by atoms with Gasteiger partial charge in [0.05, 0.1) is 18.2 Å². The van der Waals surface area contributed by atoms with E-state index in [-0.39, 0.29) is 13.6 Å². The quantitative estimate of drug-likeness (QED) is 0.0762. The van der Waals surface area contributed by atoms with Crippen molar-refractivity contribution in [3.8, 4) is 23.0 Å². The predicted octanol–water partition coefficient (Wildman–Crippen LogP) is 8.41. The Kier molecular flexibility index (Phi) is 13.4. The highest BCUT2D eigenvalue weighted by Gasteiger charge is 2.14. The summed E-state index contributed by atoms with van der Waals surface area (Å²) in [4.78, 5) is 0. The summed E-state index contributed by atoms with van der Waals surface area (Å²) >= 11 is 3.68. The number of rotatable bonds is 17. The molecule has 38 heavy (non-hydrogen) atoms. The van der Waals surface area contributed by atoms with E-state index in [2.05, 4.69) is 55.2 Å². The first-order valence-corrected chi connectivity index (χ1v) is 21.4. The molecule has 0 aliphatic rings. The fourth-order valence-corrected chi connectivity index (χ4v) is 5.23. The van der Waals surface area contributed by atoms with Gasteiger partial charge in [-0.25, -0.2) is 0 Å². The third kappa shape index (κ3) is 12.4. The van der Waals surface area contributed by atoms with Gasteiger partial charge in [-0.1, -0.05) is 57.5 Å². The van der Waals surface area contributed by atoms with E-state index in [9.17, 15) is 0 Å². The minimum atomic E-state index is -1.13. The summed E-state index contributed by atoms with van der Waals surface area (Å²) in [5.41, 5.74) is 1.91. The van der Waals surface area contributed by atoms with E-state index in [1.165, 1.54) is 0 Å². The molecule has 0 spiro atoms. The molecule has 0 atom stereocenters. The van der Waals surface area contributed by atoms with Gasteiger partial charge in [-0.2, -0.15) is 0 Å². The molecule has 0 amide bonds. The molecule has 0 fully saturated rings. The van der Waals surface area contributed by atoms with Crippen LogP contribution >= 0.6 is 15.9 Å². The maximum atomic E-state index is 5.89. The fraction of sp³-hybridized carbons (Fsp3) is 0.517. The monoisotopic (exact) mass is 624 g/mol. The van der Waals surface area contributed by atoms with Crippen LogP contribution in [0.5, 0.6) is 23.0 Å². The van der Waals surface area contributed by atoms with Crippen LogP contribution in [-0.2, 0) is 9.47 Å². The zero-order valence-corrected chi connectivity index (χ0v) is 27.9. The van der Waals surface area contributed by atoms with E-state index in [0.717, 1.165) is 33.4 Å². The first-order chi connectivity index (χ1) is 17.9. The Balaban J connectivity index is 2.07. The van der Waals surface area contributed by atoms with Gasteiger partial charge in [-0.15, -0.1) is 0 Å². The first kappa shape index (κ1) is 32.4. The molecule has 0 aromatic heterocycles. The van der Waals surface area contributed by atoms with Gasteiger partial charge in [0, 0.05) is 35.4 Å². The van der Waals surface area contributed by atoms with Crippen LogP contribution in [0.15, 0.2) is 34.8 Å². The lowest BCUT2D eigenvalue weighted by Gasteiger charge is -2.16. The Morgan fingerprint density at radius 3 is 1.95 bits per heavy atom. The normalized spacial score (nSPS) is 12.1. The van der Waals surface area contributed by atoms with Crippen LogP contribution in [0.2, 0.25) is 51.4 Å². The molecule has 212 valence electrons. The van der Waals surface area contributed by atoms with E-state index in [0.29, 0.717) is 37.1 Å². The smallest absolute Gasteiger partial charge is 0.189 e. The van der Waals surface area contributed by atoms with E-state index in [4.69, 9.17) is 28.4 Å². The van der Waals surface area contributed by atoms with Crippen molar-refractivity contribution in [1.82, 2.24) is 0 Å². The Hall–Kier alpha value is -1.79. The minimum absolute atomic E-state index is 0.206. The Morgan fingerprint density at radius 1 is 0.737 bits per heavy atom. The first-order valence-electron chi connectivity index (χ1n) is 13.2. The zero-order chi connectivity index (χ0) is 28.2. The van der Waals surface area contributed by atoms with Crippen LogP contribution in [-0.4, -0.2) is 56.7 Å². The van der Waals surface area contributed by atoms with Crippen LogP contribution in [0.25, 0.3) is 12.2 Å². The SMILES string of the molecule is CCOc1cc(OCOCC[Si](C)(C)C)cc(C=Cc2ccc(OCOCC[Si](C)(C)C)c(OC)c2)c1Br. The van der Waals surface area contributed by atoms with Gasteiger partial charge in [0.15, 0.2) is 25.1 Å². The fourth-order valence-electron chi connectivity index (χ4n) is 3.24. The highest BCUT2D eigenvalue weighted by molar-refractivity contribution is 9.10. The average Bonchev–Trinajstić information content (AvgIpc) is 2.83. The molecule has 6 nitrogen and oxygen atoms in total. The Labute approximate surface area is 239 Å². The molecule has 0 saturated carbocycles. The molecule has 0 radical (unpaired) electrons. The lowest BCUT2D eigenvalue weighted by atomic mass is 10.1. The number of benzene rings is 2. The summed E-state index contributed by atoms with van der Waals surface area (Å²) in [5.74, 6) is 2.73. The standard InChI is InChI=1S/C29H45BrO6Si2/c1-9-34-28-20-25(35-21-32-14-16-37(3,4)5)19-24(29(28)30)12-10-23-11-13-26(27(18-23)31-2)36-22-33-15-17-38(6,7)8/h10-13,18-20H,9,14-17,21-22H2,1-8H3. The molecule has 0 N–H and O–H groups in total. The molecule has 0 bridgehead atoms. The van der Waals surface area contributed by atoms with Gasteiger partial charge in [-0.3, -0.25) is 0 Å². The average molecular weight is 626 g/mol.